The summed E-state index contributed by atoms with van der Waals surface area (Å²) < 4.78 is 13.0. The maximum absolute atomic E-state index is 12.0. The Bertz CT molecular complexity index is 844. The number of carbonyl (C=O) groups is 1. The van der Waals surface area contributed by atoms with Gasteiger partial charge in [-0.25, -0.2) is 4.98 Å². The number of hydrogen-bond acceptors (Lipinski definition) is 4. The van der Waals surface area contributed by atoms with Crippen LogP contribution in [0.2, 0.25) is 0 Å². The molecule has 1 heterocycles. The van der Waals surface area contributed by atoms with E-state index in [2.05, 4.69) is 29.4 Å². The van der Waals surface area contributed by atoms with Crippen LogP contribution < -0.4 is 14.8 Å². The van der Waals surface area contributed by atoms with Gasteiger partial charge in [-0.1, -0.05) is 31.2 Å². The Hall–Kier alpha value is -3.28. The lowest BCUT2D eigenvalue weighted by Gasteiger charge is -2.09. The summed E-state index contributed by atoms with van der Waals surface area (Å²) in [5.74, 6) is 1.28. The zero-order valence-corrected chi connectivity index (χ0v) is 16.0. The molecule has 1 amide bonds. The van der Waals surface area contributed by atoms with E-state index in [1.54, 1.807) is 24.7 Å². The first kappa shape index (κ1) is 19.5. The van der Waals surface area contributed by atoms with Gasteiger partial charge >= 0.3 is 0 Å². The van der Waals surface area contributed by atoms with Crippen LogP contribution in [0.5, 0.6) is 11.5 Å². The molecule has 6 heteroatoms. The summed E-state index contributed by atoms with van der Waals surface area (Å²) in [5, 5.41) is 2.87. The molecule has 2 aromatic carbocycles. The average molecular weight is 379 g/mol. The van der Waals surface area contributed by atoms with Gasteiger partial charge in [0.1, 0.15) is 11.5 Å². The maximum Gasteiger partial charge on any atom is 0.258 e. The zero-order valence-electron chi connectivity index (χ0n) is 16.0. The number of nitrogens with zero attached hydrogens (tertiary/aromatic N) is 2. The van der Waals surface area contributed by atoms with Gasteiger partial charge in [0, 0.05) is 25.5 Å². The lowest BCUT2D eigenvalue weighted by atomic mass is 10.1. The quantitative estimate of drug-likeness (QED) is 0.586. The van der Waals surface area contributed by atoms with Gasteiger partial charge in [-0.2, -0.15) is 0 Å². The van der Waals surface area contributed by atoms with Crippen molar-refractivity contribution in [1.29, 1.82) is 0 Å². The minimum absolute atomic E-state index is 0.0200. The number of rotatable bonds is 10. The fourth-order valence-electron chi connectivity index (χ4n) is 2.61. The fraction of sp³-hybridized carbons (Fsp3) is 0.273. The standard InChI is InChI=1S/C22H25N3O3/c1-2-13-27-20-7-9-21(10-8-20)28-16-22(26)24-14-18-3-5-19(6-4-18)15-25-12-11-23-17-25/h3-12,17H,2,13-16H2,1H3,(H,24,26). The highest BCUT2D eigenvalue weighted by molar-refractivity contribution is 5.77. The monoisotopic (exact) mass is 379 g/mol. The van der Waals surface area contributed by atoms with Gasteiger partial charge < -0.3 is 19.4 Å². The number of hydrogen-bond donors (Lipinski definition) is 1. The van der Waals surface area contributed by atoms with Crippen LogP contribution in [0.15, 0.2) is 67.3 Å². The second kappa shape index (κ2) is 10.2. The highest BCUT2D eigenvalue weighted by Gasteiger charge is 2.04. The molecule has 3 aromatic rings. The van der Waals surface area contributed by atoms with Crippen LogP contribution in [-0.4, -0.2) is 28.7 Å². The van der Waals surface area contributed by atoms with Gasteiger partial charge in [0.25, 0.3) is 5.91 Å². The number of benzene rings is 2. The van der Waals surface area contributed by atoms with E-state index in [-0.39, 0.29) is 12.5 Å². The minimum atomic E-state index is -0.159. The van der Waals surface area contributed by atoms with Crippen molar-refractivity contribution < 1.29 is 14.3 Å². The molecule has 0 saturated carbocycles. The molecule has 0 aliphatic heterocycles. The molecule has 6 nitrogen and oxygen atoms in total. The number of aromatic nitrogens is 2. The summed E-state index contributed by atoms with van der Waals surface area (Å²) in [5.41, 5.74) is 2.22. The normalized spacial score (nSPS) is 10.5. The Morgan fingerprint density at radius 1 is 1.00 bits per heavy atom. The molecule has 28 heavy (non-hydrogen) atoms. The molecule has 0 atom stereocenters. The van der Waals surface area contributed by atoms with Gasteiger partial charge in [-0.3, -0.25) is 4.79 Å². The smallest absolute Gasteiger partial charge is 0.258 e. The van der Waals surface area contributed by atoms with Crippen molar-refractivity contribution in [2.24, 2.45) is 0 Å². The van der Waals surface area contributed by atoms with Gasteiger partial charge in [-0.15, -0.1) is 0 Å². The van der Waals surface area contributed by atoms with Crippen LogP contribution in [-0.2, 0) is 17.9 Å². The summed E-state index contributed by atoms with van der Waals surface area (Å²) in [6, 6.07) is 15.4. The summed E-state index contributed by atoms with van der Waals surface area (Å²) in [7, 11) is 0. The number of carbonyl (C=O) groups excluding carboxylic acids is 1. The van der Waals surface area contributed by atoms with Gasteiger partial charge in [-0.05, 0) is 41.8 Å². The molecule has 0 unspecified atom stereocenters. The van der Waals surface area contributed by atoms with Crippen LogP contribution in [0.25, 0.3) is 0 Å². The summed E-state index contributed by atoms with van der Waals surface area (Å²) >= 11 is 0. The van der Waals surface area contributed by atoms with Crippen molar-refractivity contribution >= 4 is 5.91 Å². The van der Waals surface area contributed by atoms with Crippen molar-refractivity contribution in [1.82, 2.24) is 14.9 Å². The topological polar surface area (TPSA) is 65.4 Å². The molecule has 0 radical (unpaired) electrons. The molecule has 0 aliphatic carbocycles. The molecular formula is C22H25N3O3. The molecule has 146 valence electrons. The van der Waals surface area contributed by atoms with Crippen LogP contribution in [0, 0.1) is 0 Å². The highest BCUT2D eigenvalue weighted by Crippen LogP contribution is 2.17. The first-order valence-electron chi connectivity index (χ1n) is 9.39. The predicted molar refractivity (Wildman–Crippen MR) is 107 cm³/mol. The van der Waals surface area contributed by atoms with E-state index < -0.39 is 0 Å². The molecule has 0 fully saturated rings. The Morgan fingerprint density at radius 2 is 1.68 bits per heavy atom. The first-order chi connectivity index (χ1) is 13.7. The number of amides is 1. The van der Waals surface area contributed by atoms with Crippen LogP contribution in [0.4, 0.5) is 0 Å². The van der Waals surface area contributed by atoms with Gasteiger partial charge in [0.05, 0.1) is 12.9 Å². The molecule has 0 saturated heterocycles. The average Bonchev–Trinajstić information content (AvgIpc) is 3.24. The SMILES string of the molecule is CCCOc1ccc(OCC(=O)NCc2ccc(Cn3ccnc3)cc2)cc1. The minimum Gasteiger partial charge on any atom is -0.494 e. The van der Waals surface area contributed by atoms with E-state index in [0.717, 1.165) is 24.3 Å². The molecule has 0 spiro atoms. The third-order valence-electron chi connectivity index (χ3n) is 4.10. The summed E-state index contributed by atoms with van der Waals surface area (Å²) in [4.78, 5) is 16.0. The fourth-order valence-corrected chi connectivity index (χ4v) is 2.61. The lowest BCUT2D eigenvalue weighted by Crippen LogP contribution is -2.28. The molecule has 0 bridgehead atoms. The van der Waals surface area contributed by atoms with E-state index in [1.165, 1.54) is 5.56 Å². The first-order valence-corrected chi connectivity index (χ1v) is 9.39. The van der Waals surface area contributed by atoms with E-state index in [4.69, 9.17) is 9.47 Å². The van der Waals surface area contributed by atoms with E-state index in [9.17, 15) is 4.79 Å². The largest absolute Gasteiger partial charge is 0.494 e. The third-order valence-corrected chi connectivity index (χ3v) is 4.10. The van der Waals surface area contributed by atoms with Crippen molar-refractivity contribution in [2.45, 2.75) is 26.4 Å². The van der Waals surface area contributed by atoms with Crippen molar-refractivity contribution in [3.63, 3.8) is 0 Å². The second-order valence-corrected chi connectivity index (χ2v) is 6.44. The summed E-state index contributed by atoms with van der Waals surface area (Å²) in [6.45, 7) is 3.98. The maximum atomic E-state index is 12.0. The Morgan fingerprint density at radius 3 is 2.32 bits per heavy atom. The van der Waals surface area contributed by atoms with Crippen LogP contribution in [0.3, 0.4) is 0 Å². The Balaban J connectivity index is 1.39. The van der Waals surface area contributed by atoms with Crippen LogP contribution in [0.1, 0.15) is 24.5 Å². The van der Waals surface area contributed by atoms with E-state index in [0.29, 0.717) is 18.9 Å². The Labute approximate surface area is 165 Å². The highest BCUT2D eigenvalue weighted by atomic mass is 16.5. The number of nitrogens with one attached hydrogen (secondary N) is 1. The molecular weight excluding hydrogens is 354 g/mol. The Kier molecular flexibility index (Phi) is 7.07. The molecule has 0 aliphatic rings. The third kappa shape index (κ3) is 6.16. The molecule has 1 N–H and O–H groups in total. The van der Waals surface area contributed by atoms with Gasteiger partial charge in [0.2, 0.25) is 0 Å². The van der Waals surface area contributed by atoms with Crippen LogP contribution >= 0.6 is 0 Å². The molecule has 1 aromatic heterocycles. The van der Waals surface area contributed by atoms with Crippen molar-refractivity contribution in [2.75, 3.05) is 13.2 Å². The predicted octanol–water partition coefficient (Wildman–Crippen LogP) is 3.42. The van der Waals surface area contributed by atoms with E-state index >= 15 is 0 Å². The number of imidazole rings is 1. The lowest BCUT2D eigenvalue weighted by molar-refractivity contribution is -0.123. The second-order valence-electron chi connectivity index (χ2n) is 6.44. The van der Waals surface area contributed by atoms with Gasteiger partial charge in [0.15, 0.2) is 6.61 Å². The molecule has 3 rings (SSSR count). The number of ether oxygens (including phenoxy) is 2. The van der Waals surface area contributed by atoms with Crippen molar-refractivity contribution in [3.8, 4) is 11.5 Å². The summed E-state index contributed by atoms with van der Waals surface area (Å²) in [6.07, 6.45) is 6.45. The zero-order chi connectivity index (χ0) is 19.6. The van der Waals surface area contributed by atoms with Crippen molar-refractivity contribution in [3.05, 3.63) is 78.4 Å². The van der Waals surface area contributed by atoms with E-state index in [1.807, 2.05) is 35.0 Å².